The summed E-state index contributed by atoms with van der Waals surface area (Å²) < 4.78 is 2.95. The fourth-order valence-corrected chi connectivity index (χ4v) is 2.25. The smallest absolute Gasteiger partial charge is 0.332 e. The quantitative estimate of drug-likeness (QED) is 0.866. The number of hydrogen-bond acceptors (Lipinski definition) is 3. The molecule has 0 saturated heterocycles. The molecule has 1 saturated carbocycles. The van der Waals surface area contributed by atoms with Gasteiger partial charge in [-0.05, 0) is 25.2 Å². The van der Waals surface area contributed by atoms with Gasteiger partial charge in [0.15, 0.2) is 5.65 Å². The lowest BCUT2D eigenvalue weighted by Gasteiger charge is -2.09. The van der Waals surface area contributed by atoms with Gasteiger partial charge < -0.3 is 4.98 Å². The van der Waals surface area contributed by atoms with Crippen molar-refractivity contribution in [2.24, 2.45) is 5.92 Å². The Morgan fingerprint density at radius 1 is 1.39 bits per heavy atom. The molecule has 1 aliphatic rings. The van der Waals surface area contributed by atoms with Crippen LogP contribution >= 0.6 is 0 Å². The highest BCUT2D eigenvalue weighted by molar-refractivity contribution is 5.68. The summed E-state index contributed by atoms with van der Waals surface area (Å²) in [5.74, 6) is 0.492. The molecule has 0 spiro atoms. The number of aromatic nitrogens is 4. The second kappa shape index (κ2) is 4.12. The summed E-state index contributed by atoms with van der Waals surface area (Å²) in [4.78, 5) is 31.5. The number of aromatic amines is 1. The molecule has 6 nitrogen and oxygen atoms in total. The predicted molar refractivity (Wildman–Crippen MR) is 67.6 cm³/mol. The van der Waals surface area contributed by atoms with Gasteiger partial charge in [0, 0.05) is 13.1 Å². The fourth-order valence-electron chi connectivity index (χ4n) is 2.25. The lowest BCUT2D eigenvalue weighted by molar-refractivity contribution is 0.532. The zero-order chi connectivity index (χ0) is 12.7. The van der Waals surface area contributed by atoms with E-state index >= 15 is 0 Å². The third-order valence-electron chi connectivity index (χ3n) is 3.38. The van der Waals surface area contributed by atoms with Crippen molar-refractivity contribution in [3.63, 3.8) is 0 Å². The van der Waals surface area contributed by atoms with E-state index in [0.29, 0.717) is 30.2 Å². The number of fused-ring (bicyclic) bond motifs is 1. The van der Waals surface area contributed by atoms with E-state index in [0.717, 1.165) is 19.3 Å². The van der Waals surface area contributed by atoms with Gasteiger partial charge in [-0.1, -0.05) is 6.92 Å². The highest BCUT2D eigenvalue weighted by atomic mass is 16.2. The van der Waals surface area contributed by atoms with E-state index < -0.39 is 0 Å². The predicted octanol–water partition coefficient (Wildman–Crippen LogP) is 0.706. The molecule has 0 aromatic carbocycles. The first-order valence-corrected chi connectivity index (χ1v) is 6.39. The SMILES string of the molecule is CCCn1c(=O)n(CC2CC2)c(=O)c2[nH]cnc21. The zero-order valence-corrected chi connectivity index (χ0v) is 10.3. The topological polar surface area (TPSA) is 72.7 Å². The molecule has 0 unspecified atom stereocenters. The summed E-state index contributed by atoms with van der Waals surface area (Å²) in [6.07, 6.45) is 4.53. The van der Waals surface area contributed by atoms with Gasteiger partial charge >= 0.3 is 5.69 Å². The Labute approximate surface area is 103 Å². The van der Waals surface area contributed by atoms with Gasteiger partial charge in [-0.3, -0.25) is 13.9 Å². The summed E-state index contributed by atoms with van der Waals surface area (Å²) in [6.45, 7) is 3.13. The lowest BCUT2D eigenvalue weighted by atomic mass is 10.4. The van der Waals surface area contributed by atoms with Crippen molar-refractivity contribution in [3.8, 4) is 0 Å². The van der Waals surface area contributed by atoms with Crippen molar-refractivity contribution in [3.05, 3.63) is 27.2 Å². The van der Waals surface area contributed by atoms with Crippen LogP contribution in [0.25, 0.3) is 11.2 Å². The first kappa shape index (κ1) is 11.3. The van der Waals surface area contributed by atoms with Crippen molar-refractivity contribution in [1.82, 2.24) is 19.1 Å². The van der Waals surface area contributed by atoms with Crippen LogP contribution in [-0.2, 0) is 13.1 Å². The molecular weight excluding hydrogens is 232 g/mol. The Balaban J connectivity index is 2.26. The minimum absolute atomic E-state index is 0.228. The van der Waals surface area contributed by atoms with E-state index in [4.69, 9.17) is 0 Å². The molecule has 2 aromatic rings. The van der Waals surface area contributed by atoms with E-state index in [1.165, 1.54) is 10.9 Å². The van der Waals surface area contributed by atoms with Gasteiger partial charge in [-0.25, -0.2) is 9.78 Å². The van der Waals surface area contributed by atoms with Crippen LogP contribution in [0, 0.1) is 5.92 Å². The minimum atomic E-state index is -0.244. The van der Waals surface area contributed by atoms with Crippen molar-refractivity contribution in [2.45, 2.75) is 39.3 Å². The van der Waals surface area contributed by atoms with Gasteiger partial charge in [-0.15, -0.1) is 0 Å². The van der Waals surface area contributed by atoms with Gasteiger partial charge in [0.05, 0.1) is 6.33 Å². The summed E-state index contributed by atoms with van der Waals surface area (Å²) >= 11 is 0. The molecule has 6 heteroatoms. The van der Waals surface area contributed by atoms with Crippen LogP contribution in [0.2, 0.25) is 0 Å². The number of rotatable bonds is 4. The maximum absolute atomic E-state index is 12.3. The standard InChI is InChI=1S/C12H16N4O2/c1-2-5-15-10-9(13-7-14-10)11(17)16(12(15)18)6-8-3-4-8/h7-8H,2-6H2,1H3,(H,13,14). The van der Waals surface area contributed by atoms with Crippen LogP contribution in [0.1, 0.15) is 26.2 Å². The van der Waals surface area contributed by atoms with Crippen LogP contribution in [0.4, 0.5) is 0 Å². The van der Waals surface area contributed by atoms with Crippen LogP contribution in [0.5, 0.6) is 0 Å². The number of imidazole rings is 1. The first-order chi connectivity index (χ1) is 8.72. The molecule has 0 aliphatic heterocycles. The molecule has 3 rings (SSSR count). The molecule has 1 aliphatic carbocycles. The maximum Gasteiger partial charge on any atom is 0.332 e. The van der Waals surface area contributed by atoms with E-state index in [1.807, 2.05) is 6.92 Å². The van der Waals surface area contributed by atoms with Crippen molar-refractivity contribution >= 4 is 11.2 Å². The van der Waals surface area contributed by atoms with Crippen LogP contribution in [-0.4, -0.2) is 19.1 Å². The van der Waals surface area contributed by atoms with Crippen molar-refractivity contribution in [1.29, 1.82) is 0 Å². The van der Waals surface area contributed by atoms with E-state index in [9.17, 15) is 9.59 Å². The Morgan fingerprint density at radius 3 is 2.83 bits per heavy atom. The van der Waals surface area contributed by atoms with E-state index in [-0.39, 0.29) is 11.2 Å². The molecule has 0 amide bonds. The zero-order valence-electron chi connectivity index (χ0n) is 10.3. The van der Waals surface area contributed by atoms with Gasteiger partial charge in [-0.2, -0.15) is 0 Å². The molecule has 2 aromatic heterocycles. The second-order valence-electron chi connectivity index (χ2n) is 4.89. The van der Waals surface area contributed by atoms with Crippen molar-refractivity contribution < 1.29 is 0 Å². The van der Waals surface area contributed by atoms with Gasteiger partial charge in [0.1, 0.15) is 5.52 Å². The second-order valence-corrected chi connectivity index (χ2v) is 4.89. The number of H-pyrrole nitrogens is 1. The Hall–Kier alpha value is -1.85. The molecule has 0 radical (unpaired) electrons. The first-order valence-electron chi connectivity index (χ1n) is 6.39. The number of hydrogen-bond donors (Lipinski definition) is 1. The number of nitrogens with one attached hydrogen (secondary N) is 1. The molecule has 1 N–H and O–H groups in total. The van der Waals surface area contributed by atoms with E-state index in [1.54, 1.807) is 4.57 Å². The molecule has 1 fully saturated rings. The average molecular weight is 248 g/mol. The van der Waals surface area contributed by atoms with Crippen LogP contribution in [0.3, 0.4) is 0 Å². The van der Waals surface area contributed by atoms with Crippen LogP contribution in [0.15, 0.2) is 15.9 Å². The summed E-state index contributed by atoms with van der Waals surface area (Å²) in [7, 11) is 0. The molecule has 18 heavy (non-hydrogen) atoms. The third-order valence-corrected chi connectivity index (χ3v) is 3.38. The van der Waals surface area contributed by atoms with Gasteiger partial charge in [0.2, 0.25) is 0 Å². The Kier molecular flexibility index (Phi) is 2.57. The average Bonchev–Trinajstić information content (AvgIpc) is 3.04. The summed E-state index contributed by atoms with van der Waals surface area (Å²) in [5.41, 5.74) is 0.433. The summed E-state index contributed by atoms with van der Waals surface area (Å²) in [6, 6.07) is 0. The monoisotopic (exact) mass is 248 g/mol. The fraction of sp³-hybridized carbons (Fsp3) is 0.583. The third kappa shape index (κ3) is 1.68. The largest absolute Gasteiger partial charge is 0.339 e. The van der Waals surface area contributed by atoms with Crippen molar-refractivity contribution in [2.75, 3.05) is 0 Å². The normalized spacial score (nSPS) is 15.4. The highest BCUT2D eigenvalue weighted by Crippen LogP contribution is 2.29. The van der Waals surface area contributed by atoms with E-state index in [2.05, 4.69) is 9.97 Å². The number of aryl methyl sites for hydroxylation is 1. The molecule has 2 heterocycles. The highest BCUT2D eigenvalue weighted by Gasteiger charge is 2.25. The molecule has 96 valence electrons. The van der Waals surface area contributed by atoms with Gasteiger partial charge in [0.25, 0.3) is 5.56 Å². The Bertz CT molecular complexity index is 690. The molecule has 0 atom stereocenters. The molecule has 0 bridgehead atoms. The lowest BCUT2D eigenvalue weighted by Crippen LogP contribution is -2.40. The Morgan fingerprint density at radius 2 is 2.17 bits per heavy atom. The minimum Gasteiger partial charge on any atom is -0.339 e. The summed E-state index contributed by atoms with van der Waals surface area (Å²) in [5, 5.41) is 0. The maximum atomic E-state index is 12.3. The number of nitrogens with zero attached hydrogens (tertiary/aromatic N) is 3. The molecular formula is C12H16N4O2. The van der Waals surface area contributed by atoms with Crippen LogP contribution < -0.4 is 11.2 Å².